The maximum Gasteiger partial charge on any atom is 0.404 e. The molecule has 1 aliphatic heterocycles. The van der Waals surface area contributed by atoms with Gasteiger partial charge in [-0.25, -0.2) is 9.78 Å². The lowest BCUT2D eigenvalue weighted by molar-refractivity contribution is -0.135. The minimum absolute atomic E-state index is 0.144. The molecule has 0 saturated heterocycles. The van der Waals surface area contributed by atoms with Crippen LogP contribution >= 0.6 is 0 Å². The third-order valence-corrected chi connectivity index (χ3v) is 5.19. The summed E-state index contributed by atoms with van der Waals surface area (Å²) in [4.78, 5) is 45.1. The number of benzene rings is 2. The number of rotatable bonds is 10. The first-order valence-electron chi connectivity index (χ1n) is 11.0. The fraction of sp³-hybridized carbons (Fsp3) is 0.200. The summed E-state index contributed by atoms with van der Waals surface area (Å²) in [5.41, 5.74) is 2.51. The van der Waals surface area contributed by atoms with E-state index in [9.17, 15) is 14.4 Å². The molecule has 0 fully saturated rings. The largest absolute Gasteiger partial charge is 0.491 e. The van der Waals surface area contributed by atoms with Gasteiger partial charge in [-0.05, 0) is 48.9 Å². The van der Waals surface area contributed by atoms with E-state index < -0.39 is 24.0 Å². The zero-order valence-corrected chi connectivity index (χ0v) is 18.9. The van der Waals surface area contributed by atoms with E-state index in [0.29, 0.717) is 29.2 Å². The van der Waals surface area contributed by atoms with E-state index in [1.54, 1.807) is 37.4 Å². The van der Waals surface area contributed by atoms with Crippen LogP contribution in [0.3, 0.4) is 0 Å². The minimum Gasteiger partial charge on any atom is -0.491 e. The van der Waals surface area contributed by atoms with Crippen molar-refractivity contribution < 1.29 is 29.1 Å². The van der Waals surface area contributed by atoms with Gasteiger partial charge in [0.2, 0.25) is 0 Å². The molecule has 0 bridgehead atoms. The number of carbonyl (C=O) groups is 3. The Bertz CT molecular complexity index is 1180. The van der Waals surface area contributed by atoms with Crippen LogP contribution in [0.1, 0.15) is 27.6 Å². The third-order valence-electron chi connectivity index (χ3n) is 5.19. The molecule has 1 atom stereocenters. The van der Waals surface area contributed by atoms with Crippen LogP contribution in [0.15, 0.2) is 66.9 Å². The number of amides is 3. The molecular weight excluding hydrogens is 452 g/mol. The monoisotopic (exact) mass is 476 g/mol. The average Bonchev–Trinajstić information content (AvgIpc) is 3.11. The molecule has 0 saturated carbocycles. The topological polar surface area (TPSA) is 130 Å². The van der Waals surface area contributed by atoms with Gasteiger partial charge in [-0.3, -0.25) is 14.4 Å². The first kappa shape index (κ1) is 23.7. The van der Waals surface area contributed by atoms with Crippen LogP contribution in [0.4, 0.5) is 10.6 Å². The summed E-state index contributed by atoms with van der Waals surface area (Å²) >= 11 is 0. The van der Waals surface area contributed by atoms with E-state index in [4.69, 9.17) is 14.7 Å². The first-order valence-corrected chi connectivity index (χ1v) is 11.0. The molecule has 1 aliphatic rings. The highest BCUT2D eigenvalue weighted by atomic mass is 16.7. The quantitative estimate of drug-likeness (QED) is 0.300. The van der Waals surface area contributed by atoms with Crippen LogP contribution in [0.2, 0.25) is 0 Å². The SMILES string of the molecule is CC(COc1ccc(-c2ccc(NCCNC(=O)O)nc2)cc1)ON1C(=O)c2ccccc2C1=O. The van der Waals surface area contributed by atoms with E-state index >= 15 is 0 Å². The van der Waals surface area contributed by atoms with Crippen LogP contribution in [-0.4, -0.2) is 58.9 Å². The second-order valence-corrected chi connectivity index (χ2v) is 7.79. The Balaban J connectivity index is 1.26. The zero-order chi connectivity index (χ0) is 24.8. The molecule has 3 amide bonds. The lowest BCUT2D eigenvalue weighted by Gasteiger charge is -2.19. The summed E-state index contributed by atoms with van der Waals surface area (Å²) in [5, 5.41) is 14.7. The molecule has 1 aromatic heterocycles. The number of carboxylic acid groups (broad SMARTS) is 1. The fourth-order valence-electron chi connectivity index (χ4n) is 3.46. The zero-order valence-electron chi connectivity index (χ0n) is 18.9. The van der Waals surface area contributed by atoms with E-state index in [-0.39, 0.29) is 13.2 Å². The highest BCUT2D eigenvalue weighted by Crippen LogP contribution is 2.25. The molecule has 0 spiro atoms. The lowest BCUT2D eigenvalue weighted by atomic mass is 10.1. The summed E-state index contributed by atoms with van der Waals surface area (Å²) in [6.07, 6.45) is 0.125. The first-order chi connectivity index (χ1) is 16.9. The molecule has 3 N–H and O–H groups in total. The van der Waals surface area contributed by atoms with E-state index in [1.165, 1.54) is 0 Å². The molecule has 10 nitrogen and oxygen atoms in total. The summed E-state index contributed by atoms with van der Waals surface area (Å²) in [6.45, 7) is 2.57. The molecule has 2 heterocycles. The van der Waals surface area contributed by atoms with Crippen molar-refractivity contribution in [1.29, 1.82) is 0 Å². The van der Waals surface area contributed by atoms with Gasteiger partial charge in [0, 0.05) is 24.8 Å². The summed E-state index contributed by atoms with van der Waals surface area (Å²) in [7, 11) is 0. The van der Waals surface area contributed by atoms with Gasteiger partial charge in [-0.2, -0.15) is 0 Å². The van der Waals surface area contributed by atoms with Crippen molar-refractivity contribution in [3.8, 4) is 16.9 Å². The molecule has 2 aromatic carbocycles. The Hall–Kier alpha value is -4.44. The molecule has 4 rings (SSSR count). The smallest absolute Gasteiger partial charge is 0.404 e. The minimum atomic E-state index is -1.06. The second-order valence-electron chi connectivity index (χ2n) is 7.79. The maximum absolute atomic E-state index is 12.4. The van der Waals surface area contributed by atoms with Crippen molar-refractivity contribution in [2.45, 2.75) is 13.0 Å². The van der Waals surface area contributed by atoms with Gasteiger partial charge in [0.1, 0.15) is 24.3 Å². The lowest BCUT2D eigenvalue weighted by Crippen LogP contribution is -2.35. The van der Waals surface area contributed by atoms with Crippen molar-refractivity contribution in [2.24, 2.45) is 0 Å². The molecule has 0 radical (unpaired) electrons. The number of nitrogens with one attached hydrogen (secondary N) is 2. The second kappa shape index (κ2) is 10.7. The van der Waals surface area contributed by atoms with Crippen LogP contribution < -0.4 is 15.4 Å². The predicted octanol–water partition coefficient (Wildman–Crippen LogP) is 3.42. The highest BCUT2D eigenvalue weighted by molar-refractivity contribution is 6.20. The Kier molecular flexibility index (Phi) is 7.22. The number of fused-ring (bicyclic) bond motifs is 1. The van der Waals surface area contributed by atoms with Crippen molar-refractivity contribution in [3.63, 3.8) is 0 Å². The molecule has 10 heteroatoms. The number of anilines is 1. The summed E-state index contributed by atoms with van der Waals surface area (Å²) in [6, 6.07) is 17.7. The Morgan fingerprint density at radius 1 is 0.971 bits per heavy atom. The molecule has 3 aromatic rings. The van der Waals surface area contributed by atoms with Crippen molar-refractivity contribution in [2.75, 3.05) is 25.0 Å². The highest BCUT2D eigenvalue weighted by Gasteiger charge is 2.37. The van der Waals surface area contributed by atoms with E-state index in [0.717, 1.165) is 16.2 Å². The summed E-state index contributed by atoms with van der Waals surface area (Å²) < 4.78 is 5.76. The molecular formula is C25H24N4O6. The number of hydrogen-bond donors (Lipinski definition) is 3. The van der Waals surface area contributed by atoms with Crippen LogP contribution in [0, 0.1) is 0 Å². The molecule has 35 heavy (non-hydrogen) atoms. The van der Waals surface area contributed by atoms with Gasteiger partial charge in [0.25, 0.3) is 11.8 Å². The maximum atomic E-state index is 12.4. The number of nitrogens with zero attached hydrogens (tertiary/aromatic N) is 2. The van der Waals surface area contributed by atoms with Crippen LogP contribution in [0.25, 0.3) is 11.1 Å². The van der Waals surface area contributed by atoms with Crippen LogP contribution in [-0.2, 0) is 4.84 Å². The standard InChI is InChI=1S/C25H24N4O6/c1-16(35-29-23(30)20-4-2-3-5-21(20)24(29)31)15-34-19-9-6-17(7-10-19)18-8-11-22(28-14-18)26-12-13-27-25(32)33/h2-11,14,16,27H,12-13,15H2,1H3,(H,26,28)(H,32,33). The van der Waals surface area contributed by atoms with Gasteiger partial charge in [0.05, 0.1) is 11.1 Å². The van der Waals surface area contributed by atoms with Crippen molar-refractivity contribution in [1.82, 2.24) is 15.4 Å². The number of hydroxylamine groups is 2. The molecule has 180 valence electrons. The van der Waals surface area contributed by atoms with Gasteiger partial charge in [-0.15, -0.1) is 5.06 Å². The fourth-order valence-corrected chi connectivity index (χ4v) is 3.46. The number of carbonyl (C=O) groups excluding carboxylic acids is 2. The number of ether oxygens (including phenoxy) is 1. The Morgan fingerprint density at radius 3 is 2.23 bits per heavy atom. The summed E-state index contributed by atoms with van der Waals surface area (Å²) in [5.74, 6) is 0.304. The molecule has 0 aliphatic carbocycles. The van der Waals surface area contributed by atoms with E-state index in [2.05, 4.69) is 15.6 Å². The average molecular weight is 476 g/mol. The Labute approximate surface area is 201 Å². The number of pyridine rings is 1. The van der Waals surface area contributed by atoms with Crippen molar-refractivity contribution in [3.05, 3.63) is 78.0 Å². The van der Waals surface area contributed by atoms with Gasteiger partial charge in [0.15, 0.2) is 0 Å². The third kappa shape index (κ3) is 5.74. The molecule has 1 unspecified atom stereocenters. The Morgan fingerprint density at radius 2 is 1.63 bits per heavy atom. The van der Waals surface area contributed by atoms with Gasteiger partial charge in [-0.1, -0.05) is 24.3 Å². The normalized spacial score (nSPS) is 13.3. The number of aromatic nitrogens is 1. The van der Waals surface area contributed by atoms with Crippen molar-refractivity contribution >= 4 is 23.7 Å². The predicted molar refractivity (Wildman–Crippen MR) is 127 cm³/mol. The van der Waals surface area contributed by atoms with E-state index in [1.807, 2.05) is 36.4 Å². The van der Waals surface area contributed by atoms with Gasteiger partial charge < -0.3 is 20.5 Å². The number of hydrogen-bond acceptors (Lipinski definition) is 7. The number of imide groups is 1. The van der Waals surface area contributed by atoms with Gasteiger partial charge >= 0.3 is 6.09 Å². The van der Waals surface area contributed by atoms with Crippen LogP contribution in [0.5, 0.6) is 5.75 Å².